The summed E-state index contributed by atoms with van der Waals surface area (Å²) in [6, 6.07) is 8.41. The number of carbonyl (C=O) groups excluding carboxylic acids is 1. The van der Waals surface area contributed by atoms with Gasteiger partial charge in [0.25, 0.3) is 0 Å². The van der Waals surface area contributed by atoms with Crippen molar-refractivity contribution in [3.63, 3.8) is 0 Å². The Hall–Kier alpha value is -0.236. The summed E-state index contributed by atoms with van der Waals surface area (Å²) in [5, 5.41) is 1.17. The van der Waals surface area contributed by atoms with Crippen molar-refractivity contribution >= 4 is 26.2 Å². The molecule has 0 spiro atoms. The molecule has 0 aliphatic carbocycles. The first-order chi connectivity index (χ1) is 9.01. The number of amides is 1. The van der Waals surface area contributed by atoms with E-state index in [1.165, 1.54) is 10.9 Å². The molecule has 0 bridgehead atoms. The molecule has 2 aromatic rings. The SMILES string of the molecule is C[C@H]1C[C@](C)(Cc2c[n-]c3ccccc23)C(=O)N1P.[Y]. The van der Waals surface area contributed by atoms with Crippen molar-refractivity contribution in [2.45, 2.75) is 32.7 Å². The summed E-state index contributed by atoms with van der Waals surface area (Å²) in [7, 11) is 2.55. The van der Waals surface area contributed by atoms with Gasteiger partial charge in [-0.15, -0.1) is 5.52 Å². The molecule has 1 fully saturated rings. The van der Waals surface area contributed by atoms with Gasteiger partial charge in [-0.1, -0.05) is 36.8 Å². The van der Waals surface area contributed by atoms with E-state index < -0.39 is 0 Å². The van der Waals surface area contributed by atoms with Gasteiger partial charge in [0.2, 0.25) is 5.91 Å². The molecule has 0 saturated carbocycles. The predicted octanol–water partition coefficient (Wildman–Crippen LogP) is 2.75. The van der Waals surface area contributed by atoms with Gasteiger partial charge in [0, 0.05) is 38.8 Å². The van der Waals surface area contributed by atoms with Gasteiger partial charge in [-0.3, -0.25) is 4.79 Å². The molecule has 1 saturated heterocycles. The van der Waals surface area contributed by atoms with Crippen molar-refractivity contribution in [3.05, 3.63) is 36.0 Å². The third-order valence-electron chi connectivity index (χ3n) is 4.16. The summed E-state index contributed by atoms with van der Waals surface area (Å²) < 4.78 is 1.79. The molecule has 3 nitrogen and oxygen atoms in total. The standard InChI is InChI=1S/C15H18N2OP.Y/c1-10-7-15(2,14(18)17(10)19)8-11-9-16-13-6-4-3-5-12(11)13;/h3-6,9-10H,7-8,19H2,1-2H3;/q-1;/t10-,15+;/m0./s1. The van der Waals surface area contributed by atoms with E-state index in [9.17, 15) is 4.79 Å². The van der Waals surface area contributed by atoms with Gasteiger partial charge >= 0.3 is 0 Å². The Morgan fingerprint density at radius 3 is 2.80 bits per heavy atom. The molecule has 1 aromatic carbocycles. The van der Waals surface area contributed by atoms with Crippen molar-refractivity contribution in [2.24, 2.45) is 5.41 Å². The zero-order valence-electron chi connectivity index (χ0n) is 11.8. The van der Waals surface area contributed by atoms with E-state index in [4.69, 9.17) is 0 Å². The maximum atomic E-state index is 12.4. The third kappa shape index (κ3) is 2.61. The van der Waals surface area contributed by atoms with Crippen LogP contribution in [0.2, 0.25) is 0 Å². The van der Waals surface area contributed by atoms with Crippen LogP contribution in [0.4, 0.5) is 0 Å². The first-order valence-electron chi connectivity index (χ1n) is 6.59. The predicted molar refractivity (Wildman–Crippen MR) is 79.7 cm³/mol. The Labute approximate surface area is 147 Å². The van der Waals surface area contributed by atoms with E-state index in [0.717, 1.165) is 18.4 Å². The van der Waals surface area contributed by atoms with Gasteiger partial charge in [-0.05, 0) is 34.5 Å². The smallest absolute Gasteiger partial charge is 0.231 e. The number of nitrogens with zero attached hydrogens (tertiary/aromatic N) is 2. The van der Waals surface area contributed by atoms with Gasteiger partial charge < -0.3 is 9.65 Å². The molecule has 1 unspecified atom stereocenters. The van der Waals surface area contributed by atoms with Crippen molar-refractivity contribution in [3.8, 4) is 0 Å². The summed E-state index contributed by atoms with van der Waals surface area (Å²) in [6.45, 7) is 4.16. The first kappa shape index (κ1) is 16.1. The molecule has 5 heteroatoms. The van der Waals surface area contributed by atoms with Crippen LogP contribution in [0.15, 0.2) is 30.5 Å². The molecule has 3 rings (SSSR count). The summed E-state index contributed by atoms with van der Waals surface area (Å²) in [5.74, 6) is 0.218. The fourth-order valence-electron chi connectivity index (χ4n) is 3.13. The van der Waals surface area contributed by atoms with E-state index >= 15 is 0 Å². The van der Waals surface area contributed by atoms with Crippen LogP contribution in [0.3, 0.4) is 0 Å². The van der Waals surface area contributed by atoms with Gasteiger partial charge in [0.05, 0.1) is 5.41 Å². The number of hydrogen-bond acceptors (Lipinski definition) is 1. The fourth-order valence-corrected chi connectivity index (χ4v) is 3.55. The summed E-state index contributed by atoms with van der Waals surface area (Å²) >= 11 is 0. The van der Waals surface area contributed by atoms with Gasteiger partial charge in [-0.25, -0.2) is 0 Å². The maximum absolute atomic E-state index is 12.4. The first-order valence-corrected chi connectivity index (χ1v) is 7.10. The molecule has 1 aliphatic rings. The average Bonchev–Trinajstić information content (AvgIpc) is 2.87. The van der Waals surface area contributed by atoms with Gasteiger partial charge in [0.1, 0.15) is 0 Å². The minimum atomic E-state index is -0.306. The average molecular weight is 362 g/mol. The summed E-state index contributed by atoms with van der Waals surface area (Å²) in [6.07, 6.45) is 3.58. The fraction of sp³-hybridized carbons (Fsp3) is 0.400. The van der Waals surface area contributed by atoms with Crippen LogP contribution in [0.25, 0.3) is 10.9 Å². The van der Waals surface area contributed by atoms with Crippen molar-refractivity contribution in [2.75, 3.05) is 0 Å². The van der Waals surface area contributed by atoms with E-state index in [2.05, 4.69) is 34.3 Å². The van der Waals surface area contributed by atoms with Crippen LogP contribution in [0.1, 0.15) is 25.8 Å². The van der Waals surface area contributed by atoms with Crippen LogP contribution in [0, 0.1) is 5.41 Å². The molecule has 1 aliphatic heterocycles. The van der Waals surface area contributed by atoms with Crippen LogP contribution < -0.4 is 4.98 Å². The van der Waals surface area contributed by atoms with E-state index in [-0.39, 0.29) is 50.1 Å². The molecule has 1 aromatic heterocycles. The van der Waals surface area contributed by atoms with Crippen molar-refractivity contribution in [1.29, 1.82) is 0 Å². The van der Waals surface area contributed by atoms with Crippen molar-refractivity contribution < 1.29 is 37.5 Å². The minimum absolute atomic E-state index is 0. The molecule has 20 heavy (non-hydrogen) atoms. The van der Waals surface area contributed by atoms with E-state index in [1.807, 2.05) is 24.4 Å². The Kier molecular flexibility index (Phi) is 4.74. The molecule has 0 N–H and O–H groups in total. The number of rotatable bonds is 2. The topological polar surface area (TPSA) is 34.4 Å². The number of hydrogen-bond donors (Lipinski definition) is 0. The molecule has 1 radical (unpaired) electrons. The Morgan fingerprint density at radius 1 is 1.45 bits per heavy atom. The maximum Gasteiger partial charge on any atom is 0.231 e. The number of fused-ring (bicyclic) bond motifs is 1. The number of carbonyl (C=O) groups is 1. The molecule has 2 heterocycles. The van der Waals surface area contributed by atoms with Crippen LogP contribution in [0.5, 0.6) is 0 Å². The second-order valence-electron chi connectivity index (χ2n) is 5.80. The number of para-hydroxylation sites is 1. The normalized spacial score (nSPS) is 26.1. The Morgan fingerprint density at radius 2 is 2.15 bits per heavy atom. The van der Waals surface area contributed by atoms with E-state index in [1.54, 1.807) is 4.67 Å². The zero-order valence-corrected chi connectivity index (χ0v) is 15.8. The van der Waals surface area contributed by atoms with E-state index in [0.29, 0.717) is 0 Å². The summed E-state index contributed by atoms with van der Waals surface area (Å²) in [5.41, 5.74) is 1.89. The summed E-state index contributed by atoms with van der Waals surface area (Å²) in [4.78, 5) is 16.8. The molecule has 3 atom stereocenters. The zero-order chi connectivity index (χ0) is 13.6. The molecular formula is C15H18N2OPY-. The van der Waals surface area contributed by atoms with Crippen LogP contribution in [-0.2, 0) is 43.9 Å². The second-order valence-corrected chi connectivity index (χ2v) is 6.36. The van der Waals surface area contributed by atoms with Gasteiger partial charge in [-0.2, -0.15) is 6.20 Å². The Balaban J connectivity index is 0.00000147. The van der Waals surface area contributed by atoms with Gasteiger partial charge in [0.15, 0.2) is 0 Å². The number of benzene rings is 1. The molecule has 103 valence electrons. The quantitative estimate of drug-likeness (QED) is 0.770. The monoisotopic (exact) mass is 362 g/mol. The van der Waals surface area contributed by atoms with Crippen LogP contribution >= 0.6 is 9.39 Å². The Bertz CT molecular complexity index is 642. The minimum Gasteiger partial charge on any atom is -0.663 e. The second kappa shape index (κ2) is 5.87. The largest absolute Gasteiger partial charge is 0.663 e. The third-order valence-corrected chi connectivity index (χ3v) is 4.91. The molecule has 1 amide bonds. The van der Waals surface area contributed by atoms with Crippen LogP contribution in [-0.4, -0.2) is 16.6 Å². The molecular weight excluding hydrogens is 344 g/mol. The number of aromatic nitrogens is 1. The van der Waals surface area contributed by atoms with Crippen molar-refractivity contribution in [1.82, 2.24) is 9.65 Å².